The van der Waals surface area contributed by atoms with Crippen molar-refractivity contribution in [2.45, 2.75) is 323 Å². The summed E-state index contributed by atoms with van der Waals surface area (Å²) in [5.41, 5.74) is 0. The molecule has 0 N–H and O–H groups in total. The van der Waals surface area contributed by atoms with E-state index in [0.29, 0.717) is 19.3 Å². The third-order valence-corrected chi connectivity index (χ3v) is 13.3. The van der Waals surface area contributed by atoms with Crippen LogP contribution in [0.2, 0.25) is 0 Å². The third-order valence-electron chi connectivity index (χ3n) is 13.3. The minimum absolute atomic E-state index is 0.0631. The fraction of sp³-hybridized carbons (Fsp3) is 0.947. The van der Waals surface area contributed by atoms with Gasteiger partial charge in [-0.2, -0.15) is 0 Å². The molecule has 0 fully saturated rings. The van der Waals surface area contributed by atoms with Gasteiger partial charge in [-0.25, -0.2) is 0 Å². The zero-order chi connectivity index (χ0) is 46.1. The Hall–Kier alpha value is -1.59. The molecule has 0 saturated heterocycles. The van der Waals surface area contributed by atoms with Gasteiger partial charge in [-0.1, -0.05) is 279 Å². The van der Waals surface area contributed by atoms with Crippen molar-refractivity contribution in [2.75, 3.05) is 13.2 Å². The van der Waals surface area contributed by atoms with E-state index in [9.17, 15) is 14.4 Å². The average Bonchev–Trinajstić information content (AvgIpc) is 3.27. The topological polar surface area (TPSA) is 78.9 Å². The number of carbonyl (C=O) groups is 3. The van der Waals surface area contributed by atoms with E-state index in [2.05, 4.69) is 34.6 Å². The molecular weight excluding hydrogens is 781 g/mol. The molecular formula is C57H110O6. The fourth-order valence-electron chi connectivity index (χ4n) is 8.66. The average molecular weight is 892 g/mol. The Balaban J connectivity index is 4.17. The van der Waals surface area contributed by atoms with Gasteiger partial charge < -0.3 is 14.2 Å². The van der Waals surface area contributed by atoms with Gasteiger partial charge in [-0.15, -0.1) is 0 Å². The van der Waals surface area contributed by atoms with Gasteiger partial charge in [0.1, 0.15) is 13.2 Å². The molecule has 0 aliphatic heterocycles. The van der Waals surface area contributed by atoms with E-state index in [-0.39, 0.29) is 31.1 Å². The molecule has 0 heterocycles. The molecule has 6 heteroatoms. The molecule has 0 rings (SSSR count). The molecule has 374 valence electrons. The smallest absolute Gasteiger partial charge is 0.306 e. The van der Waals surface area contributed by atoms with Crippen LogP contribution >= 0.6 is 0 Å². The van der Waals surface area contributed by atoms with Crippen molar-refractivity contribution in [3.63, 3.8) is 0 Å². The van der Waals surface area contributed by atoms with Gasteiger partial charge in [0.15, 0.2) is 6.10 Å². The van der Waals surface area contributed by atoms with Crippen LogP contribution in [0.5, 0.6) is 0 Å². The molecule has 0 spiro atoms. The standard InChI is InChI=1S/C57H110O6/c1-6-8-9-10-11-12-27-34-39-44-49-57(60)63-54(51-62-56(59)48-43-38-33-29-24-23-25-30-35-40-45-52(3)4)50-61-55(58)47-42-37-32-28-22-20-18-16-14-13-15-17-19-21-26-31-36-41-46-53(5)7-2/h52-54H,6-51H2,1-5H3/t53?,54-/m1/s1. The highest BCUT2D eigenvalue weighted by Crippen LogP contribution is 2.18. The molecule has 2 atom stereocenters. The Labute approximate surface area is 393 Å². The molecule has 0 aliphatic rings. The quantitative estimate of drug-likeness (QED) is 0.0344. The maximum Gasteiger partial charge on any atom is 0.306 e. The van der Waals surface area contributed by atoms with Crippen molar-refractivity contribution in [3.8, 4) is 0 Å². The zero-order valence-corrected chi connectivity index (χ0v) is 43.2. The molecule has 0 bridgehead atoms. The van der Waals surface area contributed by atoms with E-state index in [4.69, 9.17) is 14.2 Å². The van der Waals surface area contributed by atoms with Crippen LogP contribution in [0.4, 0.5) is 0 Å². The van der Waals surface area contributed by atoms with Crippen molar-refractivity contribution in [2.24, 2.45) is 11.8 Å². The number of ether oxygens (including phenoxy) is 3. The van der Waals surface area contributed by atoms with Crippen LogP contribution in [-0.2, 0) is 28.6 Å². The minimum Gasteiger partial charge on any atom is -0.462 e. The lowest BCUT2D eigenvalue weighted by atomic mass is 9.99. The lowest BCUT2D eigenvalue weighted by Crippen LogP contribution is -2.30. The molecule has 0 amide bonds. The Morgan fingerprint density at radius 3 is 0.905 bits per heavy atom. The Kier molecular flexibility index (Phi) is 48.6. The van der Waals surface area contributed by atoms with E-state index in [1.165, 1.54) is 205 Å². The summed E-state index contributed by atoms with van der Waals surface area (Å²) >= 11 is 0. The molecule has 0 saturated carbocycles. The second kappa shape index (κ2) is 49.8. The van der Waals surface area contributed by atoms with E-state index in [1.54, 1.807) is 0 Å². The van der Waals surface area contributed by atoms with Crippen LogP contribution in [-0.4, -0.2) is 37.2 Å². The molecule has 0 aromatic heterocycles. The molecule has 0 aromatic carbocycles. The summed E-state index contributed by atoms with van der Waals surface area (Å²) in [5.74, 6) is 0.884. The zero-order valence-electron chi connectivity index (χ0n) is 43.2. The van der Waals surface area contributed by atoms with Crippen molar-refractivity contribution in [1.82, 2.24) is 0 Å². The van der Waals surface area contributed by atoms with Crippen molar-refractivity contribution in [3.05, 3.63) is 0 Å². The number of hydrogen-bond donors (Lipinski definition) is 0. The van der Waals surface area contributed by atoms with Crippen LogP contribution in [0.1, 0.15) is 317 Å². The van der Waals surface area contributed by atoms with Crippen molar-refractivity contribution < 1.29 is 28.6 Å². The van der Waals surface area contributed by atoms with Crippen LogP contribution in [0.3, 0.4) is 0 Å². The van der Waals surface area contributed by atoms with E-state index < -0.39 is 6.10 Å². The number of esters is 3. The van der Waals surface area contributed by atoms with E-state index in [1.807, 2.05) is 0 Å². The molecule has 0 aliphatic carbocycles. The van der Waals surface area contributed by atoms with Gasteiger partial charge in [0.2, 0.25) is 0 Å². The number of rotatable bonds is 51. The second-order valence-corrected chi connectivity index (χ2v) is 20.3. The minimum atomic E-state index is -0.761. The summed E-state index contributed by atoms with van der Waals surface area (Å²) in [6, 6.07) is 0. The van der Waals surface area contributed by atoms with E-state index in [0.717, 1.165) is 69.6 Å². The molecule has 0 aromatic rings. The predicted molar refractivity (Wildman–Crippen MR) is 270 cm³/mol. The van der Waals surface area contributed by atoms with Crippen LogP contribution in [0, 0.1) is 11.8 Å². The third kappa shape index (κ3) is 49.7. The van der Waals surface area contributed by atoms with Gasteiger partial charge in [0.05, 0.1) is 0 Å². The van der Waals surface area contributed by atoms with Crippen LogP contribution in [0.25, 0.3) is 0 Å². The lowest BCUT2D eigenvalue weighted by molar-refractivity contribution is -0.167. The summed E-state index contributed by atoms with van der Waals surface area (Å²) < 4.78 is 16.8. The van der Waals surface area contributed by atoms with Gasteiger partial charge in [0, 0.05) is 19.3 Å². The van der Waals surface area contributed by atoms with Crippen LogP contribution < -0.4 is 0 Å². The normalized spacial score (nSPS) is 12.5. The Morgan fingerprint density at radius 2 is 0.603 bits per heavy atom. The van der Waals surface area contributed by atoms with Crippen LogP contribution in [0.15, 0.2) is 0 Å². The molecule has 1 unspecified atom stereocenters. The van der Waals surface area contributed by atoms with Gasteiger partial charge in [-0.05, 0) is 31.1 Å². The second-order valence-electron chi connectivity index (χ2n) is 20.3. The first-order valence-corrected chi connectivity index (χ1v) is 28.3. The van der Waals surface area contributed by atoms with Gasteiger partial charge in [-0.3, -0.25) is 14.4 Å². The highest BCUT2D eigenvalue weighted by Gasteiger charge is 2.19. The largest absolute Gasteiger partial charge is 0.462 e. The summed E-state index contributed by atoms with van der Waals surface area (Å²) in [6.45, 7) is 11.4. The number of hydrogen-bond acceptors (Lipinski definition) is 6. The predicted octanol–water partition coefficient (Wildman–Crippen LogP) is 18.5. The highest BCUT2D eigenvalue weighted by atomic mass is 16.6. The first kappa shape index (κ1) is 61.4. The first-order valence-electron chi connectivity index (χ1n) is 28.3. The fourth-order valence-corrected chi connectivity index (χ4v) is 8.66. The summed E-state index contributed by atoms with van der Waals surface area (Å²) in [4.78, 5) is 38.0. The first-order chi connectivity index (χ1) is 30.8. The molecule has 0 radical (unpaired) electrons. The summed E-state index contributed by atoms with van der Waals surface area (Å²) in [7, 11) is 0. The van der Waals surface area contributed by atoms with Crippen molar-refractivity contribution in [1.29, 1.82) is 0 Å². The number of carbonyl (C=O) groups excluding carboxylic acids is 3. The summed E-state index contributed by atoms with van der Waals surface area (Å²) in [5, 5.41) is 0. The Morgan fingerprint density at radius 1 is 0.333 bits per heavy atom. The summed E-state index contributed by atoms with van der Waals surface area (Å²) in [6.07, 6.45) is 52.4. The SMILES string of the molecule is CCCCCCCCCCCCC(=O)O[C@H](COC(=O)CCCCCCCCCCCCCCCCCCCCC(C)CC)COC(=O)CCCCCCCCCCCCC(C)C. The molecule has 6 nitrogen and oxygen atoms in total. The van der Waals surface area contributed by atoms with Crippen molar-refractivity contribution >= 4 is 17.9 Å². The maximum absolute atomic E-state index is 12.8. The highest BCUT2D eigenvalue weighted by molar-refractivity contribution is 5.71. The maximum atomic E-state index is 12.8. The Bertz CT molecular complexity index is 964. The van der Waals surface area contributed by atoms with Gasteiger partial charge >= 0.3 is 17.9 Å². The lowest BCUT2D eigenvalue weighted by Gasteiger charge is -2.18. The number of unbranched alkanes of at least 4 members (excludes halogenated alkanes) is 35. The monoisotopic (exact) mass is 891 g/mol. The van der Waals surface area contributed by atoms with E-state index >= 15 is 0 Å². The molecule has 63 heavy (non-hydrogen) atoms. The van der Waals surface area contributed by atoms with Gasteiger partial charge in [0.25, 0.3) is 0 Å².